The molecule has 4 aromatic rings. The van der Waals surface area contributed by atoms with Gasteiger partial charge in [0.25, 0.3) is 0 Å². The third kappa shape index (κ3) is 6.19. The van der Waals surface area contributed by atoms with Crippen LogP contribution in [0.25, 0.3) is 10.8 Å². The van der Waals surface area contributed by atoms with E-state index in [4.69, 9.17) is 14.2 Å². The fourth-order valence-electron chi connectivity index (χ4n) is 3.72. The van der Waals surface area contributed by atoms with Gasteiger partial charge >= 0.3 is 11.9 Å². The van der Waals surface area contributed by atoms with Crippen LogP contribution in [0.1, 0.15) is 41.8 Å². The van der Waals surface area contributed by atoms with Crippen LogP contribution in [-0.2, 0) is 17.8 Å². The SMILES string of the molecule is C=C(C)C(=O)Oc1ccc2cc(C(=O)Oc3ccc(OCc4ccccc4)cc3CCC)ccc2c1. The zero-order valence-electron chi connectivity index (χ0n) is 20.5. The minimum atomic E-state index is -0.478. The van der Waals surface area contributed by atoms with Gasteiger partial charge in [-0.05, 0) is 77.7 Å². The van der Waals surface area contributed by atoms with Crippen LogP contribution in [0.5, 0.6) is 17.2 Å². The fraction of sp³-hybridized carbons (Fsp3) is 0.161. The summed E-state index contributed by atoms with van der Waals surface area (Å²) in [6, 6.07) is 26.0. The first-order valence-electron chi connectivity index (χ1n) is 11.9. The zero-order valence-corrected chi connectivity index (χ0v) is 20.5. The molecule has 0 aliphatic rings. The molecule has 0 heterocycles. The van der Waals surface area contributed by atoms with Crippen LogP contribution < -0.4 is 14.2 Å². The number of esters is 2. The zero-order chi connectivity index (χ0) is 25.5. The molecule has 36 heavy (non-hydrogen) atoms. The van der Waals surface area contributed by atoms with Crippen LogP contribution in [0, 0.1) is 0 Å². The standard InChI is InChI=1S/C31H28O5/c1-4-8-25-19-27(34-20-22-9-6-5-7-10-22)15-16-29(25)36-31(33)26-12-11-24-18-28(14-13-23(24)17-26)35-30(32)21(2)3/h5-7,9-19H,2,4,8,20H2,1,3H3. The minimum Gasteiger partial charge on any atom is -0.489 e. The van der Waals surface area contributed by atoms with Crippen LogP contribution >= 0.6 is 0 Å². The highest BCUT2D eigenvalue weighted by Crippen LogP contribution is 2.28. The molecular weight excluding hydrogens is 452 g/mol. The van der Waals surface area contributed by atoms with Gasteiger partial charge in [-0.2, -0.15) is 0 Å². The van der Waals surface area contributed by atoms with Gasteiger partial charge < -0.3 is 14.2 Å². The molecule has 0 radical (unpaired) electrons. The molecule has 0 aliphatic heterocycles. The average Bonchev–Trinajstić information content (AvgIpc) is 2.89. The number of rotatable bonds is 9. The van der Waals surface area contributed by atoms with Crippen molar-refractivity contribution in [2.75, 3.05) is 0 Å². The summed E-state index contributed by atoms with van der Waals surface area (Å²) in [7, 11) is 0. The van der Waals surface area contributed by atoms with Gasteiger partial charge in [0.2, 0.25) is 0 Å². The van der Waals surface area contributed by atoms with Gasteiger partial charge in [0.05, 0.1) is 5.56 Å². The van der Waals surface area contributed by atoms with Crippen molar-refractivity contribution in [1.29, 1.82) is 0 Å². The highest BCUT2D eigenvalue weighted by Gasteiger charge is 2.14. The van der Waals surface area contributed by atoms with Gasteiger partial charge in [-0.1, -0.05) is 62.4 Å². The summed E-state index contributed by atoms with van der Waals surface area (Å²) in [6.45, 7) is 7.73. The summed E-state index contributed by atoms with van der Waals surface area (Å²) in [4.78, 5) is 24.7. The maximum Gasteiger partial charge on any atom is 0.343 e. The van der Waals surface area contributed by atoms with E-state index in [1.165, 1.54) is 0 Å². The molecule has 5 heteroatoms. The first-order valence-corrected chi connectivity index (χ1v) is 11.9. The highest BCUT2D eigenvalue weighted by molar-refractivity contribution is 5.97. The van der Waals surface area contributed by atoms with Crippen molar-refractivity contribution in [1.82, 2.24) is 0 Å². The Morgan fingerprint density at radius 3 is 2.28 bits per heavy atom. The molecule has 0 aliphatic carbocycles. The van der Waals surface area contributed by atoms with Crippen molar-refractivity contribution in [3.8, 4) is 17.2 Å². The molecule has 0 N–H and O–H groups in total. The molecule has 0 saturated carbocycles. The van der Waals surface area contributed by atoms with E-state index in [0.717, 1.165) is 40.5 Å². The van der Waals surface area contributed by atoms with Crippen molar-refractivity contribution in [3.05, 3.63) is 114 Å². The normalized spacial score (nSPS) is 10.6. The third-order valence-electron chi connectivity index (χ3n) is 5.61. The van der Waals surface area contributed by atoms with E-state index in [-0.39, 0.29) is 0 Å². The van der Waals surface area contributed by atoms with E-state index in [9.17, 15) is 9.59 Å². The van der Waals surface area contributed by atoms with Crippen molar-refractivity contribution in [2.45, 2.75) is 33.3 Å². The number of hydrogen-bond acceptors (Lipinski definition) is 5. The lowest BCUT2D eigenvalue weighted by Crippen LogP contribution is -2.10. The smallest absolute Gasteiger partial charge is 0.343 e. The van der Waals surface area contributed by atoms with Crippen LogP contribution in [0.3, 0.4) is 0 Å². The molecule has 0 bridgehead atoms. The number of hydrogen-bond donors (Lipinski definition) is 0. The molecule has 4 rings (SSSR count). The number of aryl methyl sites for hydroxylation is 1. The Bertz CT molecular complexity index is 1410. The molecular formula is C31H28O5. The summed E-state index contributed by atoms with van der Waals surface area (Å²) >= 11 is 0. The van der Waals surface area contributed by atoms with Gasteiger partial charge in [-0.15, -0.1) is 0 Å². The Morgan fingerprint density at radius 2 is 1.53 bits per heavy atom. The van der Waals surface area contributed by atoms with Crippen LogP contribution in [0.2, 0.25) is 0 Å². The van der Waals surface area contributed by atoms with Crippen LogP contribution in [0.15, 0.2) is 97.1 Å². The lowest BCUT2D eigenvalue weighted by molar-refractivity contribution is -0.130. The van der Waals surface area contributed by atoms with E-state index in [0.29, 0.717) is 29.2 Å². The molecule has 0 unspecified atom stereocenters. The maximum absolute atomic E-state index is 13.0. The second kappa shape index (κ2) is 11.4. The monoisotopic (exact) mass is 480 g/mol. The van der Waals surface area contributed by atoms with Crippen molar-refractivity contribution >= 4 is 22.7 Å². The second-order valence-electron chi connectivity index (χ2n) is 8.58. The molecule has 0 fully saturated rings. The van der Waals surface area contributed by atoms with Crippen molar-refractivity contribution in [2.24, 2.45) is 0 Å². The molecule has 0 amide bonds. The Labute approximate surface area is 210 Å². The first kappa shape index (κ1) is 24.7. The third-order valence-corrected chi connectivity index (χ3v) is 5.61. The Kier molecular flexibility index (Phi) is 7.81. The van der Waals surface area contributed by atoms with E-state index >= 15 is 0 Å². The van der Waals surface area contributed by atoms with E-state index in [1.807, 2.05) is 42.5 Å². The number of carbonyl (C=O) groups is 2. The van der Waals surface area contributed by atoms with Gasteiger partial charge in [0, 0.05) is 5.57 Å². The number of benzene rings is 4. The molecule has 4 aromatic carbocycles. The number of ether oxygens (including phenoxy) is 3. The topological polar surface area (TPSA) is 61.8 Å². The Morgan fingerprint density at radius 1 is 0.806 bits per heavy atom. The molecule has 182 valence electrons. The number of carbonyl (C=O) groups excluding carboxylic acids is 2. The molecule has 0 atom stereocenters. The number of fused-ring (bicyclic) bond motifs is 1. The predicted molar refractivity (Wildman–Crippen MR) is 141 cm³/mol. The van der Waals surface area contributed by atoms with Gasteiger partial charge in [-0.3, -0.25) is 0 Å². The van der Waals surface area contributed by atoms with E-state index < -0.39 is 11.9 Å². The van der Waals surface area contributed by atoms with E-state index in [2.05, 4.69) is 13.5 Å². The quantitative estimate of drug-likeness (QED) is 0.146. The van der Waals surface area contributed by atoms with Gasteiger partial charge in [0.15, 0.2) is 0 Å². The summed E-state index contributed by atoms with van der Waals surface area (Å²) < 4.78 is 17.0. The molecule has 0 saturated heterocycles. The Hall–Kier alpha value is -4.38. The molecule has 5 nitrogen and oxygen atoms in total. The molecule has 0 spiro atoms. The summed E-state index contributed by atoms with van der Waals surface area (Å²) in [5.41, 5.74) is 2.76. The fourth-order valence-corrected chi connectivity index (χ4v) is 3.72. The minimum absolute atomic E-state index is 0.325. The summed E-state index contributed by atoms with van der Waals surface area (Å²) in [6.07, 6.45) is 1.66. The van der Waals surface area contributed by atoms with E-state index in [1.54, 1.807) is 49.4 Å². The summed E-state index contributed by atoms with van der Waals surface area (Å²) in [5, 5.41) is 1.67. The Balaban J connectivity index is 1.48. The molecule has 0 aromatic heterocycles. The second-order valence-corrected chi connectivity index (χ2v) is 8.58. The first-order chi connectivity index (χ1) is 17.4. The van der Waals surface area contributed by atoms with Gasteiger partial charge in [0.1, 0.15) is 23.9 Å². The average molecular weight is 481 g/mol. The van der Waals surface area contributed by atoms with Crippen molar-refractivity contribution < 1.29 is 23.8 Å². The maximum atomic E-state index is 13.0. The lowest BCUT2D eigenvalue weighted by Gasteiger charge is -2.13. The van der Waals surface area contributed by atoms with Crippen LogP contribution in [-0.4, -0.2) is 11.9 Å². The van der Waals surface area contributed by atoms with Crippen molar-refractivity contribution in [3.63, 3.8) is 0 Å². The predicted octanol–water partition coefficient (Wildman–Crippen LogP) is 7.07. The van der Waals surface area contributed by atoms with Gasteiger partial charge in [-0.25, -0.2) is 9.59 Å². The van der Waals surface area contributed by atoms with Crippen LogP contribution in [0.4, 0.5) is 0 Å². The largest absolute Gasteiger partial charge is 0.489 e. The highest BCUT2D eigenvalue weighted by atomic mass is 16.5. The lowest BCUT2D eigenvalue weighted by atomic mass is 10.1. The summed E-state index contributed by atoms with van der Waals surface area (Å²) in [5.74, 6) is 0.760.